The van der Waals surface area contributed by atoms with E-state index in [-0.39, 0.29) is 0 Å². The molecule has 12 heavy (non-hydrogen) atoms. The molecular weight excluding hydrogens is 150 g/mol. The first-order valence-electron chi connectivity index (χ1n) is 3.74. The van der Waals surface area contributed by atoms with Crippen LogP contribution in [0.5, 0.6) is 0 Å². The summed E-state index contributed by atoms with van der Waals surface area (Å²) in [5, 5.41) is 0. The minimum atomic E-state index is 0.887. The van der Waals surface area contributed by atoms with E-state index in [0.717, 1.165) is 5.82 Å². The minimum absolute atomic E-state index is 0.887. The van der Waals surface area contributed by atoms with Gasteiger partial charge in [-0.2, -0.15) is 4.98 Å². The third-order valence-corrected chi connectivity index (χ3v) is 1.60. The third-order valence-electron chi connectivity index (χ3n) is 1.60. The SMILES string of the molecule is Cn1[c-][n+](-c2ccccn2)cc1. The van der Waals surface area contributed by atoms with Crippen molar-refractivity contribution in [3.8, 4) is 5.82 Å². The van der Waals surface area contributed by atoms with Crippen LogP contribution in [0.4, 0.5) is 0 Å². The smallest absolute Gasteiger partial charge is 0.185 e. The molecule has 3 heteroatoms. The molecule has 0 saturated heterocycles. The normalized spacial score (nSPS) is 10.1. The second kappa shape index (κ2) is 2.77. The molecule has 0 aliphatic rings. The van der Waals surface area contributed by atoms with Gasteiger partial charge in [-0.05, 0) is 24.5 Å². The van der Waals surface area contributed by atoms with Crippen LogP contribution >= 0.6 is 0 Å². The zero-order valence-electron chi connectivity index (χ0n) is 6.81. The lowest BCUT2D eigenvalue weighted by Crippen LogP contribution is -2.29. The summed E-state index contributed by atoms with van der Waals surface area (Å²) in [5.74, 6) is 0.887. The molecule has 0 atom stereocenters. The largest absolute Gasteiger partial charge is 0.357 e. The number of aromatic nitrogens is 3. The molecule has 0 aliphatic heterocycles. The van der Waals surface area contributed by atoms with E-state index >= 15 is 0 Å². The lowest BCUT2D eigenvalue weighted by Gasteiger charge is -1.97. The molecule has 0 aliphatic carbocycles. The highest BCUT2D eigenvalue weighted by molar-refractivity contribution is 5.09. The summed E-state index contributed by atoms with van der Waals surface area (Å²) in [4.78, 5) is 4.18. The Bertz CT molecular complexity index is 364. The van der Waals surface area contributed by atoms with Gasteiger partial charge in [-0.3, -0.25) is 0 Å². The number of nitrogens with zero attached hydrogens (tertiary/aromatic N) is 3. The van der Waals surface area contributed by atoms with Crippen LogP contribution < -0.4 is 4.57 Å². The molecule has 2 heterocycles. The van der Waals surface area contributed by atoms with Gasteiger partial charge >= 0.3 is 0 Å². The van der Waals surface area contributed by atoms with E-state index in [4.69, 9.17) is 0 Å². The Hall–Kier alpha value is -1.64. The molecule has 0 N–H and O–H groups in total. The van der Waals surface area contributed by atoms with Crippen molar-refractivity contribution in [2.24, 2.45) is 7.05 Å². The molecule has 0 amide bonds. The lowest BCUT2D eigenvalue weighted by molar-refractivity contribution is -0.603. The Labute approximate surface area is 70.9 Å². The number of pyridine rings is 1. The lowest BCUT2D eigenvalue weighted by atomic mass is 10.5. The second-order valence-corrected chi connectivity index (χ2v) is 2.57. The van der Waals surface area contributed by atoms with Crippen molar-refractivity contribution in [2.45, 2.75) is 0 Å². The van der Waals surface area contributed by atoms with Gasteiger partial charge in [-0.1, -0.05) is 6.07 Å². The van der Waals surface area contributed by atoms with Crippen molar-refractivity contribution in [3.05, 3.63) is 43.1 Å². The average molecular weight is 159 g/mol. The monoisotopic (exact) mass is 159 g/mol. The van der Waals surface area contributed by atoms with E-state index in [2.05, 4.69) is 11.3 Å². The molecule has 2 aromatic rings. The van der Waals surface area contributed by atoms with Gasteiger partial charge in [0, 0.05) is 7.05 Å². The predicted octanol–water partition coefficient (Wildman–Crippen LogP) is 0.497. The standard InChI is InChI=1S/C9H9N3/c1-11-6-7-12(8-11)9-4-2-3-5-10-9/h2-7H,1H3. The van der Waals surface area contributed by atoms with E-state index in [1.807, 2.05) is 46.8 Å². The van der Waals surface area contributed by atoms with Gasteiger partial charge in [0.15, 0.2) is 12.1 Å². The van der Waals surface area contributed by atoms with Crippen LogP contribution in [-0.4, -0.2) is 9.55 Å². The van der Waals surface area contributed by atoms with Crippen LogP contribution in [0.2, 0.25) is 0 Å². The number of hydrogen-bond acceptors (Lipinski definition) is 1. The molecule has 0 radical (unpaired) electrons. The predicted molar refractivity (Wildman–Crippen MR) is 43.6 cm³/mol. The molecule has 0 bridgehead atoms. The van der Waals surface area contributed by atoms with Crippen LogP contribution in [-0.2, 0) is 7.05 Å². The van der Waals surface area contributed by atoms with Gasteiger partial charge < -0.3 is 9.13 Å². The molecule has 2 rings (SSSR count). The summed E-state index contributed by atoms with van der Waals surface area (Å²) in [6.07, 6.45) is 8.67. The summed E-state index contributed by atoms with van der Waals surface area (Å²) >= 11 is 0. The first-order valence-corrected chi connectivity index (χ1v) is 3.74. The first kappa shape index (κ1) is 7.03. The fourth-order valence-corrected chi connectivity index (χ4v) is 1.03. The van der Waals surface area contributed by atoms with Crippen LogP contribution in [0.25, 0.3) is 5.82 Å². The van der Waals surface area contributed by atoms with Crippen molar-refractivity contribution >= 4 is 0 Å². The maximum absolute atomic E-state index is 4.18. The van der Waals surface area contributed by atoms with E-state index < -0.39 is 0 Å². The van der Waals surface area contributed by atoms with Crippen molar-refractivity contribution in [1.29, 1.82) is 0 Å². The fourth-order valence-electron chi connectivity index (χ4n) is 1.03. The van der Waals surface area contributed by atoms with Crippen molar-refractivity contribution in [3.63, 3.8) is 0 Å². The maximum atomic E-state index is 4.18. The molecular formula is C9H9N3. The van der Waals surface area contributed by atoms with Crippen molar-refractivity contribution in [2.75, 3.05) is 0 Å². The zero-order chi connectivity index (χ0) is 8.39. The van der Waals surface area contributed by atoms with Crippen molar-refractivity contribution in [1.82, 2.24) is 9.55 Å². The molecule has 3 nitrogen and oxygen atoms in total. The number of aryl methyl sites for hydroxylation is 1. The quantitative estimate of drug-likeness (QED) is 0.438. The summed E-state index contributed by atoms with van der Waals surface area (Å²) in [5.41, 5.74) is 0. The zero-order valence-corrected chi connectivity index (χ0v) is 6.81. The first-order chi connectivity index (χ1) is 5.86. The fraction of sp³-hybridized carbons (Fsp3) is 0.111. The third kappa shape index (κ3) is 1.21. The molecule has 2 aromatic heterocycles. The summed E-state index contributed by atoms with van der Waals surface area (Å²) in [6.45, 7) is 0. The highest BCUT2D eigenvalue weighted by Gasteiger charge is 1.94. The van der Waals surface area contributed by atoms with Crippen LogP contribution in [0.3, 0.4) is 0 Å². The Morgan fingerprint density at radius 3 is 3.00 bits per heavy atom. The van der Waals surface area contributed by atoms with E-state index in [0.29, 0.717) is 0 Å². The Kier molecular flexibility index (Phi) is 1.63. The Morgan fingerprint density at radius 2 is 2.42 bits per heavy atom. The van der Waals surface area contributed by atoms with Gasteiger partial charge in [-0.15, -0.1) is 0 Å². The van der Waals surface area contributed by atoms with Gasteiger partial charge in [0.25, 0.3) is 0 Å². The molecule has 0 aromatic carbocycles. The summed E-state index contributed by atoms with van der Waals surface area (Å²) < 4.78 is 3.70. The Morgan fingerprint density at radius 1 is 1.50 bits per heavy atom. The average Bonchev–Trinajstić information content (AvgIpc) is 2.54. The highest BCUT2D eigenvalue weighted by Crippen LogP contribution is 1.91. The topological polar surface area (TPSA) is 21.7 Å². The molecule has 0 spiro atoms. The number of imidazole rings is 1. The molecule has 0 saturated carbocycles. The highest BCUT2D eigenvalue weighted by atomic mass is 15.1. The summed E-state index contributed by atoms with van der Waals surface area (Å²) in [7, 11) is 1.93. The maximum Gasteiger partial charge on any atom is 0.185 e. The van der Waals surface area contributed by atoms with Gasteiger partial charge in [0.1, 0.15) is 0 Å². The van der Waals surface area contributed by atoms with Crippen LogP contribution in [0, 0.1) is 6.33 Å². The van der Waals surface area contributed by atoms with E-state index in [9.17, 15) is 0 Å². The van der Waals surface area contributed by atoms with Crippen LogP contribution in [0.1, 0.15) is 0 Å². The van der Waals surface area contributed by atoms with Gasteiger partial charge in [0.05, 0.1) is 6.20 Å². The summed E-state index contributed by atoms with van der Waals surface area (Å²) in [6, 6.07) is 5.79. The Balaban J connectivity index is 2.45. The van der Waals surface area contributed by atoms with Gasteiger partial charge in [0.2, 0.25) is 0 Å². The van der Waals surface area contributed by atoms with E-state index in [1.54, 1.807) is 6.20 Å². The van der Waals surface area contributed by atoms with Crippen molar-refractivity contribution < 1.29 is 4.57 Å². The molecule has 0 fully saturated rings. The second-order valence-electron chi connectivity index (χ2n) is 2.57. The van der Waals surface area contributed by atoms with E-state index in [1.165, 1.54) is 0 Å². The van der Waals surface area contributed by atoms with Crippen LogP contribution in [0.15, 0.2) is 36.8 Å². The number of rotatable bonds is 1. The van der Waals surface area contributed by atoms with Gasteiger partial charge in [-0.25, -0.2) is 0 Å². The molecule has 60 valence electrons. The molecule has 0 unspecified atom stereocenters. The number of hydrogen-bond donors (Lipinski definition) is 0. The minimum Gasteiger partial charge on any atom is -0.357 e.